The van der Waals surface area contributed by atoms with Crippen LogP contribution < -0.4 is 4.90 Å². The first-order valence-electron chi connectivity index (χ1n) is 7.89. The lowest BCUT2D eigenvalue weighted by Crippen LogP contribution is -2.38. The number of benzene rings is 2. The molecule has 2 aliphatic heterocycles. The van der Waals surface area contributed by atoms with Gasteiger partial charge in [0.25, 0.3) is 5.91 Å². The van der Waals surface area contributed by atoms with Crippen molar-refractivity contribution in [2.45, 2.75) is 18.9 Å². The summed E-state index contributed by atoms with van der Waals surface area (Å²) in [6.07, 6.45) is 1.75. The summed E-state index contributed by atoms with van der Waals surface area (Å²) in [7, 11) is 1.72. The number of amides is 1. The predicted molar refractivity (Wildman–Crippen MR) is 91.4 cm³/mol. The van der Waals surface area contributed by atoms with Gasteiger partial charge in [0.2, 0.25) is 11.4 Å². The van der Waals surface area contributed by atoms with Gasteiger partial charge in [0.1, 0.15) is 0 Å². The van der Waals surface area contributed by atoms with Gasteiger partial charge >= 0.3 is 0 Å². The molecule has 4 rings (SSSR count). The van der Waals surface area contributed by atoms with Crippen molar-refractivity contribution < 1.29 is 14.3 Å². The van der Waals surface area contributed by atoms with Gasteiger partial charge in [0, 0.05) is 12.6 Å². The van der Waals surface area contributed by atoms with Crippen LogP contribution in [0.4, 0.5) is 5.69 Å². The van der Waals surface area contributed by atoms with Crippen LogP contribution in [-0.4, -0.2) is 18.7 Å². The van der Waals surface area contributed by atoms with Crippen molar-refractivity contribution in [1.82, 2.24) is 0 Å². The van der Waals surface area contributed by atoms with Gasteiger partial charge in [-0.3, -0.25) is 9.59 Å². The lowest BCUT2D eigenvalue weighted by molar-refractivity contribution is -0.135. The van der Waals surface area contributed by atoms with Crippen LogP contribution in [-0.2, 0) is 19.9 Å². The third-order valence-corrected chi connectivity index (χ3v) is 4.66. The number of Topliss-reactive ketones (excluding diaryl/α,β-unsaturated/α-hetero) is 1. The van der Waals surface area contributed by atoms with Crippen molar-refractivity contribution in [3.63, 3.8) is 0 Å². The Labute approximate surface area is 140 Å². The Hall–Kier alpha value is -2.88. The maximum atomic E-state index is 12.9. The number of fused-ring (bicyclic) bond motifs is 2. The summed E-state index contributed by atoms with van der Waals surface area (Å²) in [6, 6.07) is 15.3. The van der Waals surface area contributed by atoms with Gasteiger partial charge in [0.05, 0.1) is 12.1 Å². The number of aryl methyl sites for hydroxylation is 1. The van der Waals surface area contributed by atoms with Crippen molar-refractivity contribution in [2.24, 2.45) is 0 Å². The number of likely N-dealkylation sites (N-methyl/N-ethyl adjacent to an activating group) is 1. The minimum atomic E-state index is -1.21. The predicted octanol–water partition coefficient (Wildman–Crippen LogP) is 3.20. The highest BCUT2D eigenvalue weighted by Gasteiger charge is 2.58. The van der Waals surface area contributed by atoms with E-state index >= 15 is 0 Å². The first-order valence-corrected chi connectivity index (χ1v) is 7.89. The molecule has 1 atom stereocenters. The second kappa shape index (κ2) is 5.06. The number of carbonyl (C=O) groups excluding carboxylic acids is 2. The monoisotopic (exact) mass is 319 g/mol. The summed E-state index contributed by atoms with van der Waals surface area (Å²) in [4.78, 5) is 27.0. The van der Waals surface area contributed by atoms with Crippen LogP contribution in [0.3, 0.4) is 0 Å². The van der Waals surface area contributed by atoms with E-state index in [1.54, 1.807) is 18.0 Å². The number of anilines is 1. The second-order valence-electron chi connectivity index (χ2n) is 6.33. The van der Waals surface area contributed by atoms with E-state index in [4.69, 9.17) is 4.74 Å². The quantitative estimate of drug-likeness (QED) is 0.758. The second-order valence-corrected chi connectivity index (χ2v) is 6.33. The van der Waals surface area contributed by atoms with Crippen molar-refractivity contribution in [2.75, 3.05) is 11.9 Å². The third-order valence-electron chi connectivity index (χ3n) is 4.66. The molecule has 0 radical (unpaired) electrons. The number of carbonyl (C=O) groups is 2. The van der Waals surface area contributed by atoms with E-state index in [1.807, 2.05) is 55.5 Å². The van der Waals surface area contributed by atoms with Crippen molar-refractivity contribution in [3.8, 4) is 0 Å². The molecule has 0 saturated carbocycles. The Balaban J connectivity index is 1.81. The number of ether oxygens (including phenoxy) is 1. The van der Waals surface area contributed by atoms with Crippen LogP contribution >= 0.6 is 0 Å². The molecule has 1 fully saturated rings. The van der Waals surface area contributed by atoms with E-state index in [9.17, 15) is 9.59 Å². The molecule has 120 valence electrons. The van der Waals surface area contributed by atoms with Crippen molar-refractivity contribution in [1.29, 1.82) is 0 Å². The molecule has 1 spiro atoms. The summed E-state index contributed by atoms with van der Waals surface area (Å²) < 4.78 is 6.01. The van der Waals surface area contributed by atoms with E-state index in [-0.39, 0.29) is 23.9 Å². The van der Waals surface area contributed by atoms with Crippen molar-refractivity contribution in [3.05, 3.63) is 71.0 Å². The van der Waals surface area contributed by atoms with Gasteiger partial charge < -0.3 is 9.64 Å². The zero-order chi connectivity index (χ0) is 16.9. The Bertz CT molecular complexity index is 885. The molecule has 0 aliphatic carbocycles. The summed E-state index contributed by atoms with van der Waals surface area (Å²) in [6.45, 7) is 1.97. The Morgan fingerprint density at radius 2 is 1.88 bits per heavy atom. The minimum absolute atomic E-state index is 0.0469. The van der Waals surface area contributed by atoms with Gasteiger partial charge in [-0.05, 0) is 30.7 Å². The molecule has 2 aromatic carbocycles. The number of hydrogen-bond acceptors (Lipinski definition) is 3. The summed E-state index contributed by atoms with van der Waals surface area (Å²) >= 11 is 0. The molecule has 2 aromatic rings. The average molecular weight is 319 g/mol. The highest BCUT2D eigenvalue weighted by molar-refractivity contribution is 6.13. The molecule has 2 aliphatic rings. The standard InChI is InChI=1S/C20H17NO3/c1-13-8-9-16-15(10-13)20(19(23)21(16)2)12-17(22)18(24-20)11-14-6-4-3-5-7-14/h3-11H,12H2,1-2H3/b18-11-. The Morgan fingerprint density at radius 3 is 2.62 bits per heavy atom. The van der Waals surface area contributed by atoms with E-state index in [2.05, 4.69) is 0 Å². The van der Waals surface area contributed by atoms with Crippen LogP contribution in [0, 0.1) is 6.92 Å². The number of rotatable bonds is 1. The highest BCUT2D eigenvalue weighted by Crippen LogP contribution is 2.49. The smallest absolute Gasteiger partial charge is 0.276 e. The fourth-order valence-corrected chi connectivity index (χ4v) is 3.44. The zero-order valence-electron chi connectivity index (χ0n) is 13.6. The fourth-order valence-electron chi connectivity index (χ4n) is 3.44. The van der Waals surface area contributed by atoms with Gasteiger partial charge in [-0.15, -0.1) is 0 Å². The lowest BCUT2D eigenvalue weighted by atomic mass is 9.91. The van der Waals surface area contributed by atoms with Gasteiger partial charge in [-0.25, -0.2) is 0 Å². The molecule has 0 bridgehead atoms. The summed E-state index contributed by atoms with van der Waals surface area (Å²) in [5.41, 5.74) is 2.28. The lowest BCUT2D eigenvalue weighted by Gasteiger charge is -2.21. The maximum absolute atomic E-state index is 12.9. The van der Waals surface area contributed by atoms with E-state index in [0.717, 1.165) is 22.4 Å². The van der Waals surface area contributed by atoms with E-state index in [1.165, 1.54) is 0 Å². The first-order chi connectivity index (χ1) is 11.5. The highest BCUT2D eigenvalue weighted by atomic mass is 16.5. The molecule has 1 amide bonds. The molecule has 4 heteroatoms. The molecule has 0 N–H and O–H groups in total. The molecular formula is C20H17NO3. The maximum Gasteiger partial charge on any atom is 0.276 e. The van der Waals surface area contributed by atoms with Crippen LogP contribution in [0.5, 0.6) is 0 Å². The number of nitrogens with zero attached hydrogens (tertiary/aromatic N) is 1. The number of allylic oxidation sites excluding steroid dienone is 1. The third kappa shape index (κ3) is 1.99. The van der Waals surface area contributed by atoms with Crippen LogP contribution in [0.15, 0.2) is 54.3 Å². The van der Waals surface area contributed by atoms with Gasteiger partial charge in [-0.2, -0.15) is 0 Å². The molecule has 4 nitrogen and oxygen atoms in total. The van der Waals surface area contributed by atoms with Gasteiger partial charge in [-0.1, -0.05) is 42.0 Å². The molecule has 2 heterocycles. The largest absolute Gasteiger partial charge is 0.468 e. The fraction of sp³-hybridized carbons (Fsp3) is 0.200. The summed E-state index contributed by atoms with van der Waals surface area (Å²) in [5.74, 6) is -0.0832. The Morgan fingerprint density at radius 1 is 1.12 bits per heavy atom. The van der Waals surface area contributed by atoms with Crippen LogP contribution in [0.1, 0.15) is 23.1 Å². The normalized spacial score (nSPS) is 23.9. The number of hydrogen-bond donors (Lipinski definition) is 0. The zero-order valence-corrected chi connectivity index (χ0v) is 13.6. The van der Waals surface area contributed by atoms with Crippen molar-refractivity contribution >= 4 is 23.5 Å². The SMILES string of the molecule is Cc1ccc2c(c1)C1(CC(=O)/C(=C/c3ccccc3)O1)C(=O)N2C. The molecular weight excluding hydrogens is 302 g/mol. The molecule has 1 saturated heterocycles. The average Bonchev–Trinajstić information content (AvgIpc) is 3.00. The molecule has 0 aromatic heterocycles. The van der Waals surface area contributed by atoms with Gasteiger partial charge in [0.15, 0.2) is 5.76 Å². The first kappa shape index (κ1) is 14.7. The Kier molecular flexibility index (Phi) is 3.10. The molecule has 1 unspecified atom stereocenters. The van der Waals surface area contributed by atoms with Crippen LogP contribution in [0.25, 0.3) is 6.08 Å². The minimum Gasteiger partial charge on any atom is -0.468 e. The van der Waals surface area contributed by atoms with Crippen LogP contribution in [0.2, 0.25) is 0 Å². The number of ketones is 1. The van der Waals surface area contributed by atoms with E-state index < -0.39 is 5.60 Å². The summed E-state index contributed by atoms with van der Waals surface area (Å²) in [5, 5.41) is 0. The molecule has 24 heavy (non-hydrogen) atoms. The van der Waals surface area contributed by atoms with E-state index in [0.29, 0.717) is 0 Å². The topological polar surface area (TPSA) is 46.6 Å².